The van der Waals surface area contributed by atoms with E-state index < -0.39 is 0 Å². The molecular formula is C18H25Cl2N3O. The minimum atomic E-state index is -0.0162. The maximum absolute atomic E-state index is 12.3. The van der Waals surface area contributed by atoms with Crippen LogP contribution in [0.25, 0.3) is 0 Å². The second kappa shape index (κ2) is 10.9. The van der Waals surface area contributed by atoms with E-state index in [2.05, 4.69) is 10.2 Å². The van der Waals surface area contributed by atoms with Crippen LogP contribution in [0.3, 0.4) is 0 Å². The largest absolute Gasteiger partial charge is 0.399 e. The van der Waals surface area contributed by atoms with Crippen molar-refractivity contribution in [3.8, 4) is 0 Å². The molecule has 0 aliphatic carbocycles. The monoisotopic (exact) mass is 369 g/mol. The summed E-state index contributed by atoms with van der Waals surface area (Å²) in [5, 5.41) is 3.12. The maximum Gasteiger partial charge on any atom is 0.224 e. The molecule has 132 valence electrons. The molecular weight excluding hydrogens is 345 g/mol. The Kier molecular flexibility index (Phi) is 10.1. The predicted molar refractivity (Wildman–Crippen MR) is 105 cm³/mol. The molecule has 3 N–H and O–H groups in total. The van der Waals surface area contributed by atoms with Gasteiger partial charge in [0, 0.05) is 12.2 Å². The van der Waals surface area contributed by atoms with Crippen molar-refractivity contribution >= 4 is 36.4 Å². The van der Waals surface area contributed by atoms with Crippen LogP contribution in [0.15, 0.2) is 54.6 Å². The highest BCUT2D eigenvalue weighted by atomic mass is 35.5. The number of amides is 1. The van der Waals surface area contributed by atoms with Gasteiger partial charge in [0.05, 0.1) is 12.5 Å². The lowest BCUT2D eigenvalue weighted by Gasteiger charge is -2.23. The van der Waals surface area contributed by atoms with E-state index in [1.807, 2.05) is 68.7 Å². The Balaban J connectivity index is 0.00000264. The molecule has 24 heavy (non-hydrogen) atoms. The van der Waals surface area contributed by atoms with Crippen molar-refractivity contribution in [1.82, 2.24) is 10.2 Å². The van der Waals surface area contributed by atoms with Crippen molar-refractivity contribution in [2.75, 3.05) is 26.4 Å². The molecule has 2 rings (SSSR count). The fourth-order valence-corrected chi connectivity index (χ4v) is 2.35. The third-order valence-corrected chi connectivity index (χ3v) is 3.43. The molecule has 1 unspecified atom stereocenters. The zero-order valence-electron chi connectivity index (χ0n) is 13.9. The van der Waals surface area contributed by atoms with Gasteiger partial charge in [-0.1, -0.05) is 42.5 Å². The van der Waals surface area contributed by atoms with E-state index >= 15 is 0 Å². The number of anilines is 1. The summed E-state index contributed by atoms with van der Waals surface area (Å²) in [4.78, 5) is 14.4. The van der Waals surface area contributed by atoms with Gasteiger partial charge in [-0.15, -0.1) is 24.8 Å². The predicted octanol–water partition coefficient (Wildman–Crippen LogP) is 3.07. The minimum absolute atomic E-state index is 0. The first-order valence-electron chi connectivity index (χ1n) is 7.38. The summed E-state index contributed by atoms with van der Waals surface area (Å²) >= 11 is 0. The van der Waals surface area contributed by atoms with E-state index in [0.717, 1.165) is 17.7 Å². The second-order valence-electron chi connectivity index (χ2n) is 5.71. The number of carbonyl (C=O) groups is 1. The summed E-state index contributed by atoms with van der Waals surface area (Å²) in [6, 6.07) is 17.4. The molecule has 6 heteroatoms. The van der Waals surface area contributed by atoms with Crippen LogP contribution in [0, 0.1) is 0 Å². The molecule has 0 radical (unpaired) electrons. The number of likely N-dealkylation sites (N-methyl/N-ethyl adjacent to an activating group) is 1. The molecule has 0 aromatic heterocycles. The molecule has 0 aliphatic heterocycles. The Bertz CT molecular complexity index is 603. The second-order valence-corrected chi connectivity index (χ2v) is 5.71. The third-order valence-electron chi connectivity index (χ3n) is 3.43. The van der Waals surface area contributed by atoms with Crippen molar-refractivity contribution in [1.29, 1.82) is 0 Å². The molecule has 1 atom stereocenters. The lowest BCUT2D eigenvalue weighted by atomic mass is 10.1. The summed E-state index contributed by atoms with van der Waals surface area (Å²) in [7, 11) is 4.00. The molecule has 0 heterocycles. The highest BCUT2D eigenvalue weighted by molar-refractivity contribution is 5.85. The molecule has 0 bridgehead atoms. The highest BCUT2D eigenvalue weighted by Gasteiger charge is 2.15. The molecule has 4 nitrogen and oxygen atoms in total. The third kappa shape index (κ3) is 7.21. The lowest BCUT2D eigenvalue weighted by molar-refractivity contribution is -0.121. The van der Waals surface area contributed by atoms with Crippen LogP contribution in [0.2, 0.25) is 0 Å². The molecule has 0 aliphatic rings. The normalized spacial score (nSPS) is 11.1. The number of carbonyl (C=O) groups excluding carboxylic acids is 1. The van der Waals surface area contributed by atoms with Crippen molar-refractivity contribution in [2.45, 2.75) is 12.5 Å². The Morgan fingerprint density at radius 1 is 1.04 bits per heavy atom. The standard InChI is InChI=1S/C18H23N3O.2ClH/c1-21(2)13-17(15-6-4-3-5-7-15)20-18(22)12-14-8-10-16(19)11-9-14;;/h3-11,17H,12-13,19H2,1-2H3,(H,20,22);2*1H. The molecule has 0 spiro atoms. The van der Waals surface area contributed by atoms with Crippen molar-refractivity contribution in [3.63, 3.8) is 0 Å². The molecule has 1 amide bonds. The quantitative estimate of drug-likeness (QED) is 0.769. The van der Waals surface area contributed by atoms with Crippen LogP contribution in [0.4, 0.5) is 5.69 Å². The number of nitrogens with one attached hydrogen (secondary N) is 1. The average molecular weight is 370 g/mol. The van der Waals surface area contributed by atoms with Crippen LogP contribution >= 0.6 is 24.8 Å². The van der Waals surface area contributed by atoms with Gasteiger partial charge in [-0.2, -0.15) is 0 Å². The number of nitrogens with zero attached hydrogens (tertiary/aromatic N) is 1. The van der Waals surface area contributed by atoms with Crippen molar-refractivity contribution in [2.24, 2.45) is 0 Å². The molecule has 2 aromatic carbocycles. The Morgan fingerprint density at radius 2 is 1.62 bits per heavy atom. The summed E-state index contributed by atoms with van der Waals surface area (Å²) in [5.74, 6) is 0.0143. The van der Waals surface area contributed by atoms with E-state index in [4.69, 9.17) is 5.73 Å². The van der Waals surface area contributed by atoms with Gasteiger partial charge < -0.3 is 16.0 Å². The number of hydrogen-bond donors (Lipinski definition) is 2. The molecule has 0 fully saturated rings. The van der Waals surface area contributed by atoms with E-state index in [1.54, 1.807) is 0 Å². The number of hydrogen-bond acceptors (Lipinski definition) is 3. The molecule has 2 aromatic rings. The smallest absolute Gasteiger partial charge is 0.224 e. The van der Waals surface area contributed by atoms with Gasteiger partial charge in [-0.25, -0.2) is 0 Å². The van der Waals surface area contributed by atoms with E-state index in [9.17, 15) is 4.79 Å². The van der Waals surface area contributed by atoms with Gasteiger partial charge >= 0.3 is 0 Å². The zero-order chi connectivity index (χ0) is 15.9. The van der Waals surface area contributed by atoms with Crippen molar-refractivity contribution < 1.29 is 4.79 Å². The zero-order valence-corrected chi connectivity index (χ0v) is 15.6. The van der Waals surface area contributed by atoms with E-state index in [0.29, 0.717) is 12.1 Å². The fourth-order valence-electron chi connectivity index (χ4n) is 2.35. The summed E-state index contributed by atoms with van der Waals surface area (Å²) < 4.78 is 0. The summed E-state index contributed by atoms with van der Waals surface area (Å²) in [6.07, 6.45) is 0.358. The highest BCUT2D eigenvalue weighted by Crippen LogP contribution is 2.14. The number of nitrogens with two attached hydrogens (primary N) is 1. The molecule has 0 saturated carbocycles. The Labute approximate surface area is 156 Å². The van der Waals surface area contributed by atoms with Crippen LogP contribution in [0.5, 0.6) is 0 Å². The van der Waals surface area contributed by atoms with E-state index in [-0.39, 0.29) is 36.8 Å². The summed E-state index contributed by atoms with van der Waals surface area (Å²) in [5.41, 5.74) is 8.44. The van der Waals surface area contributed by atoms with Gasteiger partial charge in [-0.05, 0) is 37.4 Å². The summed E-state index contributed by atoms with van der Waals surface area (Å²) in [6.45, 7) is 0.761. The Hall–Kier alpha value is -1.75. The number of halogens is 2. The number of nitrogen functional groups attached to an aromatic ring is 1. The molecule has 0 saturated heterocycles. The van der Waals surface area contributed by atoms with Gasteiger partial charge in [0.1, 0.15) is 0 Å². The Morgan fingerprint density at radius 3 is 2.17 bits per heavy atom. The van der Waals surface area contributed by atoms with Crippen molar-refractivity contribution in [3.05, 3.63) is 65.7 Å². The van der Waals surface area contributed by atoms with Gasteiger partial charge in [0.25, 0.3) is 0 Å². The van der Waals surface area contributed by atoms with Gasteiger partial charge in [-0.3, -0.25) is 4.79 Å². The van der Waals surface area contributed by atoms with E-state index in [1.165, 1.54) is 0 Å². The first kappa shape index (κ1) is 22.2. The number of rotatable bonds is 6. The maximum atomic E-state index is 12.3. The van der Waals surface area contributed by atoms with Crippen LogP contribution in [-0.2, 0) is 11.2 Å². The lowest BCUT2D eigenvalue weighted by Crippen LogP contribution is -2.36. The topological polar surface area (TPSA) is 58.4 Å². The first-order chi connectivity index (χ1) is 10.5. The van der Waals surface area contributed by atoms with Crippen LogP contribution in [0.1, 0.15) is 17.2 Å². The van der Waals surface area contributed by atoms with Crippen LogP contribution in [-0.4, -0.2) is 31.4 Å². The number of benzene rings is 2. The van der Waals surface area contributed by atoms with Crippen LogP contribution < -0.4 is 11.1 Å². The fraction of sp³-hybridized carbons (Fsp3) is 0.278. The van der Waals surface area contributed by atoms with Gasteiger partial charge in [0.2, 0.25) is 5.91 Å². The van der Waals surface area contributed by atoms with Gasteiger partial charge in [0.15, 0.2) is 0 Å². The first-order valence-corrected chi connectivity index (χ1v) is 7.38. The average Bonchev–Trinajstić information content (AvgIpc) is 2.49. The SMILES string of the molecule is CN(C)CC(NC(=O)Cc1ccc(N)cc1)c1ccccc1.Cl.Cl. The minimum Gasteiger partial charge on any atom is -0.399 e.